The van der Waals surface area contributed by atoms with Crippen LogP contribution in [0.1, 0.15) is 36.5 Å². The second kappa shape index (κ2) is 7.87. The summed E-state index contributed by atoms with van der Waals surface area (Å²) in [5.41, 5.74) is 4.72. The topological polar surface area (TPSA) is 34.9 Å². The van der Waals surface area contributed by atoms with Gasteiger partial charge in [-0.1, -0.05) is 55.4 Å². The number of nitrogens with zero attached hydrogens (tertiary/aromatic N) is 2. The van der Waals surface area contributed by atoms with E-state index in [1.807, 2.05) is 28.8 Å². The van der Waals surface area contributed by atoms with Gasteiger partial charge in [0.25, 0.3) is 5.56 Å². The van der Waals surface area contributed by atoms with Crippen LogP contribution in [0.5, 0.6) is 0 Å². The number of aromatic nitrogens is 2. The Labute approximate surface area is 153 Å². The molecule has 2 aromatic carbocycles. The van der Waals surface area contributed by atoms with Gasteiger partial charge in [0.1, 0.15) is 0 Å². The van der Waals surface area contributed by atoms with E-state index in [4.69, 9.17) is 4.98 Å². The van der Waals surface area contributed by atoms with Crippen molar-refractivity contribution in [2.75, 3.05) is 0 Å². The van der Waals surface area contributed by atoms with Gasteiger partial charge in [-0.2, -0.15) is 0 Å². The number of unbranched alkanes of at least 4 members (excludes halogenated alkanes) is 1. The molecule has 0 N–H and O–H groups in total. The SMILES string of the molecule is CCCCn1c(SCc2ccc(C)c(C)c2)nc2ccccc2c1=O. The molecule has 3 rings (SSSR count). The van der Waals surface area contributed by atoms with Crippen molar-refractivity contribution in [2.24, 2.45) is 0 Å². The number of fused-ring (bicyclic) bond motifs is 1. The molecule has 4 heteroatoms. The summed E-state index contributed by atoms with van der Waals surface area (Å²) in [5.74, 6) is 0.817. The Morgan fingerprint density at radius 3 is 2.64 bits per heavy atom. The van der Waals surface area contributed by atoms with Crippen LogP contribution in [-0.4, -0.2) is 9.55 Å². The number of aryl methyl sites for hydroxylation is 2. The third kappa shape index (κ3) is 3.96. The van der Waals surface area contributed by atoms with Gasteiger partial charge in [0.15, 0.2) is 5.16 Å². The molecule has 0 saturated heterocycles. The molecule has 25 heavy (non-hydrogen) atoms. The summed E-state index contributed by atoms with van der Waals surface area (Å²) in [5, 5.41) is 1.52. The van der Waals surface area contributed by atoms with Gasteiger partial charge in [0, 0.05) is 12.3 Å². The van der Waals surface area contributed by atoms with Gasteiger partial charge < -0.3 is 0 Å². The van der Waals surface area contributed by atoms with Crippen LogP contribution in [0.25, 0.3) is 10.9 Å². The van der Waals surface area contributed by atoms with E-state index in [1.54, 1.807) is 11.8 Å². The van der Waals surface area contributed by atoms with Crippen LogP contribution in [-0.2, 0) is 12.3 Å². The molecule has 0 amide bonds. The first-order valence-electron chi connectivity index (χ1n) is 8.78. The fourth-order valence-corrected chi connectivity index (χ4v) is 3.78. The fourth-order valence-electron chi connectivity index (χ4n) is 2.81. The maximum atomic E-state index is 12.9. The molecule has 3 aromatic rings. The minimum atomic E-state index is 0.0710. The summed E-state index contributed by atoms with van der Waals surface area (Å²) >= 11 is 1.65. The van der Waals surface area contributed by atoms with E-state index in [0.717, 1.165) is 35.8 Å². The third-order valence-corrected chi connectivity index (χ3v) is 5.55. The third-order valence-electron chi connectivity index (χ3n) is 4.50. The fraction of sp³-hybridized carbons (Fsp3) is 0.333. The lowest BCUT2D eigenvalue weighted by Crippen LogP contribution is -2.23. The molecule has 0 saturated carbocycles. The zero-order valence-corrected chi connectivity index (χ0v) is 15.9. The zero-order valence-electron chi connectivity index (χ0n) is 15.1. The van der Waals surface area contributed by atoms with Gasteiger partial charge in [0.05, 0.1) is 10.9 Å². The van der Waals surface area contributed by atoms with E-state index in [1.165, 1.54) is 16.7 Å². The van der Waals surface area contributed by atoms with E-state index < -0.39 is 0 Å². The van der Waals surface area contributed by atoms with Crippen LogP contribution < -0.4 is 5.56 Å². The van der Waals surface area contributed by atoms with Crippen molar-refractivity contribution < 1.29 is 0 Å². The highest BCUT2D eigenvalue weighted by atomic mass is 32.2. The highest BCUT2D eigenvalue weighted by molar-refractivity contribution is 7.98. The number of para-hydroxylation sites is 1. The van der Waals surface area contributed by atoms with Crippen molar-refractivity contribution in [3.05, 3.63) is 69.5 Å². The first kappa shape index (κ1) is 17.7. The van der Waals surface area contributed by atoms with Gasteiger partial charge in [0.2, 0.25) is 0 Å². The van der Waals surface area contributed by atoms with Crippen LogP contribution >= 0.6 is 11.8 Å². The predicted octanol–water partition coefficient (Wildman–Crippen LogP) is 5.11. The minimum Gasteiger partial charge on any atom is -0.287 e. The quantitative estimate of drug-likeness (QED) is 0.457. The van der Waals surface area contributed by atoms with Crippen molar-refractivity contribution in [1.82, 2.24) is 9.55 Å². The van der Waals surface area contributed by atoms with Crippen LogP contribution in [0.3, 0.4) is 0 Å². The number of rotatable bonds is 6. The molecule has 0 unspecified atom stereocenters. The monoisotopic (exact) mass is 352 g/mol. The number of benzene rings is 2. The molecular formula is C21H24N2OS. The Bertz CT molecular complexity index is 946. The van der Waals surface area contributed by atoms with Crippen molar-refractivity contribution in [2.45, 2.75) is 51.1 Å². The lowest BCUT2D eigenvalue weighted by molar-refractivity contribution is 0.557. The summed E-state index contributed by atoms with van der Waals surface area (Å²) in [4.78, 5) is 17.6. The average Bonchev–Trinajstić information content (AvgIpc) is 2.62. The molecule has 0 spiro atoms. The molecule has 0 atom stereocenters. The second-order valence-corrected chi connectivity index (χ2v) is 7.37. The van der Waals surface area contributed by atoms with Crippen molar-refractivity contribution in [1.29, 1.82) is 0 Å². The lowest BCUT2D eigenvalue weighted by Gasteiger charge is -2.13. The number of thioether (sulfide) groups is 1. The van der Waals surface area contributed by atoms with E-state index in [2.05, 4.69) is 39.0 Å². The van der Waals surface area contributed by atoms with E-state index in [9.17, 15) is 4.79 Å². The maximum absolute atomic E-state index is 12.9. The summed E-state index contributed by atoms with van der Waals surface area (Å²) in [6.45, 7) is 7.12. The largest absolute Gasteiger partial charge is 0.287 e. The standard InChI is InChI=1S/C21H24N2OS/c1-4-5-12-23-20(24)18-8-6-7-9-19(18)22-21(23)25-14-17-11-10-15(2)16(3)13-17/h6-11,13H,4-5,12,14H2,1-3H3. The zero-order chi connectivity index (χ0) is 17.8. The van der Waals surface area contributed by atoms with E-state index in [0.29, 0.717) is 5.39 Å². The Hall–Kier alpha value is -2.07. The molecule has 0 radical (unpaired) electrons. The maximum Gasteiger partial charge on any atom is 0.262 e. The highest BCUT2D eigenvalue weighted by Crippen LogP contribution is 2.23. The summed E-state index contributed by atoms with van der Waals surface area (Å²) in [6.07, 6.45) is 2.04. The van der Waals surface area contributed by atoms with Crippen LogP contribution in [0.2, 0.25) is 0 Å². The highest BCUT2D eigenvalue weighted by Gasteiger charge is 2.11. The van der Waals surface area contributed by atoms with Gasteiger partial charge in [-0.25, -0.2) is 4.98 Å². The molecule has 1 aromatic heterocycles. The van der Waals surface area contributed by atoms with Gasteiger partial charge in [-0.05, 0) is 49.1 Å². The molecule has 3 nitrogen and oxygen atoms in total. The summed E-state index contributed by atoms with van der Waals surface area (Å²) in [7, 11) is 0. The van der Waals surface area contributed by atoms with Gasteiger partial charge >= 0.3 is 0 Å². The normalized spacial score (nSPS) is 11.2. The summed E-state index contributed by atoms with van der Waals surface area (Å²) < 4.78 is 1.84. The summed E-state index contributed by atoms with van der Waals surface area (Å²) in [6, 6.07) is 14.2. The van der Waals surface area contributed by atoms with Crippen LogP contribution in [0.15, 0.2) is 52.4 Å². The van der Waals surface area contributed by atoms with Crippen LogP contribution in [0, 0.1) is 13.8 Å². The first-order valence-corrected chi connectivity index (χ1v) is 9.77. The Balaban J connectivity index is 1.95. The Morgan fingerprint density at radius 1 is 1.08 bits per heavy atom. The molecule has 0 aliphatic rings. The molecule has 0 aliphatic heterocycles. The Kier molecular flexibility index (Phi) is 5.59. The molecule has 1 heterocycles. The second-order valence-electron chi connectivity index (χ2n) is 6.43. The molecule has 0 aliphatic carbocycles. The molecular weight excluding hydrogens is 328 g/mol. The minimum absolute atomic E-state index is 0.0710. The average molecular weight is 353 g/mol. The van der Waals surface area contributed by atoms with E-state index in [-0.39, 0.29) is 5.56 Å². The first-order chi connectivity index (χ1) is 12.1. The lowest BCUT2D eigenvalue weighted by atomic mass is 10.1. The molecule has 130 valence electrons. The van der Waals surface area contributed by atoms with Gasteiger partial charge in [-0.3, -0.25) is 9.36 Å². The van der Waals surface area contributed by atoms with Crippen LogP contribution in [0.4, 0.5) is 0 Å². The molecule has 0 bridgehead atoms. The Morgan fingerprint density at radius 2 is 1.88 bits per heavy atom. The number of hydrogen-bond donors (Lipinski definition) is 0. The van der Waals surface area contributed by atoms with Gasteiger partial charge in [-0.15, -0.1) is 0 Å². The van der Waals surface area contributed by atoms with Crippen molar-refractivity contribution in [3.63, 3.8) is 0 Å². The predicted molar refractivity (Wildman–Crippen MR) is 106 cm³/mol. The van der Waals surface area contributed by atoms with Crippen molar-refractivity contribution >= 4 is 22.7 Å². The number of hydrogen-bond acceptors (Lipinski definition) is 3. The van der Waals surface area contributed by atoms with Crippen molar-refractivity contribution in [3.8, 4) is 0 Å². The smallest absolute Gasteiger partial charge is 0.262 e. The molecule has 0 fully saturated rings. The van der Waals surface area contributed by atoms with E-state index >= 15 is 0 Å².